The number of nitrogens with one attached hydrogen (secondary N) is 2. The smallest absolute Gasteiger partial charge is 0.191 e. The predicted octanol–water partition coefficient (Wildman–Crippen LogP) is 3.37. The Labute approximate surface area is 181 Å². The number of ether oxygens (including phenoxy) is 3. The lowest BCUT2D eigenvalue weighted by molar-refractivity contribution is 0.0733. The molecule has 0 fully saturated rings. The number of benzene rings is 1. The van der Waals surface area contributed by atoms with Gasteiger partial charge in [-0.15, -0.1) is 24.0 Å². The van der Waals surface area contributed by atoms with Crippen LogP contribution in [0.15, 0.2) is 23.2 Å². The van der Waals surface area contributed by atoms with Crippen LogP contribution in [0.1, 0.15) is 31.4 Å². The zero-order valence-corrected chi connectivity index (χ0v) is 19.7. The van der Waals surface area contributed by atoms with Gasteiger partial charge >= 0.3 is 0 Å². The third kappa shape index (κ3) is 12.1. The van der Waals surface area contributed by atoms with Crippen LogP contribution in [0.25, 0.3) is 0 Å². The Morgan fingerprint density at radius 1 is 1.11 bits per heavy atom. The highest BCUT2D eigenvalue weighted by Gasteiger charge is 2.06. The molecule has 0 aliphatic rings. The molecule has 0 saturated carbocycles. The predicted molar refractivity (Wildman–Crippen MR) is 122 cm³/mol. The summed E-state index contributed by atoms with van der Waals surface area (Å²) in [5, 5.41) is 6.56. The second-order valence-corrected chi connectivity index (χ2v) is 6.60. The molecule has 0 radical (unpaired) electrons. The summed E-state index contributed by atoms with van der Waals surface area (Å²) >= 11 is 0. The molecular weight excluding hydrogens is 457 g/mol. The van der Waals surface area contributed by atoms with Gasteiger partial charge in [-0.05, 0) is 30.9 Å². The minimum absolute atomic E-state index is 0. The average Bonchev–Trinajstić information content (AvgIpc) is 2.61. The van der Waals surface area contributed by atoms with Crippen LogP contribution in [0.5, 0.6) is 5.75 Å². The Morgan fingerprint density at radius 2 is 1.89 bits per heavy atom. The van der Waals surface area contributed by atoms with Gasteiger partial charge in [-0.2, -0.15) is 0 Å². The largest absolute Gasteiger partial charge is 0.493 e. The van der Waals surface area contributed by atoms with Crippen LogP contribution in [-0.2, 0) is 16.0 Å². The zero-order chi connectivity index (χ0) is 19.2. The summed E-state index contributed by atoms with van der Waals surface area (Å²) in [5.41, 5.74) is 2.32. The first-order valence-electron chi connectivity index (χ1n) is 9.30. The molecule has 6 nitrogen and oxygen atoms in total. The fraction of sp³-hybridized carbons (Fsp3) is 0.650. The maximum Gasteiger partial charge on any atom is 0.191 e. The maximum atomic E-state index is 6.00. The first-order valence-corrected chi connectivity index (χ1v) is 9.30. The fourth-order valence-corrected chi connectivity index (χ4v) is 2.23. The van der Waals surface area contributed by atoms with Gasteiger partial charge in [-0.3, -0.25) is 4.99 Å². The van der Waals surface area contributed by atoms with E-state index in [0.29, 0.717) is 38.8 Å². The van der Waals surface area contributed by atoms with Gasteiger partial charge in [0.15, 0.2) is 5.96 Å². The number of methoxy groups -OCH3 is 1. The molecule has 0 bridgehead atoms. The van der Waals surface area contributed by atoms with Crippen molar-refractivity contribution in [3.8, 4) is 5.75 Å². The van der Waals surface area contributed by atoms with Gasteiger partial charge in [-0.25, -0.2) is 0 Å². The monoisotopic (exact) mass is 493 g/mol. The highest BCUT2D eigenvalue weighted by Crippen LogP contribution is 2.21. The molecule has 2 N–H and O–H groups in total. The zero-order valence-electron chi connectivity index (χ0n) is 17.3. The van der Waals surface area contributed by atoms with Gasteiger partial charge < -0.3 is 24.8 Å². The molecule has 0 aliphatic heterocycles. The lowest BCUT2D eigenvalue weighted by Gasteiger charge is -2.16. The number of halogens is 1. The van der Waals surface area contributed by atoms with E-state index in [0.717, 1.165) is 30.3 Å². The third-order valence-corrected chi connectivity index (χ3v) is 3.82. The Morgan fingerprint density at radius 3 is 2.56 bits per heavy atom. The van der Waals surface area contributed by atoms with Crippen molar-refractivity contribution in [2.24, 2.45) is 10.9 Å². The van der Waals surface area contributed by atoms with Crippen LogP contribution in [0.2, 0.25) is 0 Å². The summed E-state index contributed by atoms with van der Waals surface area (Å²) in [5.74, 6) is 2.32. The number of guanidine groups is 1. The van der Waals surface area contributed by atoms with Gasteiger partial charge in [0.05, 0.1) is 26.4 Å². The van der Waals surface area contributed by atoms with E-state index in [1.54, 1.807) is 14.2 Å². The average molecular weight is 493 g/mol. The summed E-state index contributed by atoms with van der Waals surface area (Å²) < 4.78 is 16.4. The van der Waals surface area contributed by atoms with Crippen molar-refractivity contribution < 1.29 is 14.2 Å². The number of nitrogens with zero attached hydrogens (tertiary/aromatic N) is 1. The number of aliphatic imine (C=N–C) groups is 1. The first-order chi connectivity index (χ1) is 12.6. The maximum absolute atomic E-state index is 6.00. The number of rotatable bonds is 12. The highest BCUT2D eigenvalue weighted by molar-refractivity contribution is 14.0. The van der Waals surface area contributed by atoms with Crippen LogP contribution in [0, 0.1) is 12.8 Å². The van der Waals surface area contributed by atoms with E-state index >= 15 is 0 Å². The van der Waals surface area contributed by atoms with E-state index in [1.807, 2.05) is 0 Å². The molecule has 0 heterocycles. The standard InChI is InChI=1S/C20H35N3O3.HI/c1-16(2)8-10-26-19-14-17(3)6-7-18(19)15-23-20(21-4)22-9-11-25-13-12-24-5;/h6-7,14,16H,8-13,15H2,1-5H3,(H2,21,22,23);1H. The molecular formula is C20H36IN3O3. The highest BCUT2D eigenvalue weighted by atomic mass is 127. The Kier molecular flexibility index (Phi) is 15.3. The molecule has 0 aromatic heterocycles. The Hall–Kier alpha value is -1.06. The van der Waals surface area contributed by atoms with Crippen molar-refractivity contribution in [2.45, 2.75) is 33.7 Å². The van der Waals surface area contributed by atoms with E-state index in [2.05, 4.69) is 54.6 Å². The van der Waals surface area contributed by atoms with E-state index in [1.165, 1.54) is 5.56 Å². The Bertz CT molecular complexity index is 539. The molecule has 0 unspecified atom stereocenters. The second kappa shape index (κ2) is 15.9. The van der Waals surface area contributed by atoms with Crippen molar-refractivity contribution in [3.63, 3.8) is 0 Å². The normalized spacial score (nSPS) is 11.3. The van der Waals surface area contributed by atoms with Crippen molar-refractivity contribution in [3.05, 3.63) is 29.3 Å². The Balaban J connectivity index is 0.00000676. The van der Waals surface area contributed by atoms with Crippen molar-refractivity contribution in [2.75, 3.05) is 47.1 Å². The van der Waals surface area contributed by atoms with E-state index in [-0.39, 0.29) is 24.0 Å². The van der Waals surface area contributed by atoms with Crippen molar-refractivity contribution in [1.82, 2.24) is 10.6 Å². The molecule has 27 heavy (non-hydrogen) atoms. The van der Waals surface area contributed by atoms with Crippen LogP contribution in [0.4, 0.5) is 0 Å². The van der Waals surface area contributed by atoms with Gasteiger partial charge in [0, 0.05) is 32.8 Å². The molecule has 0 aliphatic carbocycles. The molecule has 156 valence electrons. The van der Waals surface area contributed by atoms with E-state index < -0.39 is 0 Å². The molecule has 1 aromatic rings. The summed E-state index contributed by atoms with van der Waals surface area (Å²) in [4.78, 5) is 4.24. The van der Waals surface area contributed by atoms with E-state index in [4.69, 9.17) is 14.2 Å². The minimum Gasteiger partial charge on any atom is -0.493 e. The quantitative estimate of drug-likeness (QED) is 0.202. The third-order valence-electron chi connectivity index (χ3n) is 3.82. The van der Waals surface area contributed by atoms with Gasteiger partial charge in [0.2, 0.25) is 0 Å². The molecule has 0 spiro atoms. The molecule has 0 amide bonds. The summed E-state index contributed by atoms with van der Waals surface area (Å²) in [7, 11) is 3.43. The summed E-state index contributed by atoms with van der Waals surface area (Å²) in [6.07, 6.45) is 1.05. The van der Waals surface area contributed by atoms with Crippen LogP contribution < -0.4 is 15.4 Å². The topological polar surface area (TPSA) is 64.1 Å². The van der Waals surface area contributed by atoms with Crippen molar-refractivity contribution >= 4 is 29.9 Å². The molecule has 0 atom stereocenters. The minimum atomic E-state index is 0. The molecule has 1 rings (SSSR count). The lowest BCUT2D eigenvalue weighted by atomic mass is 10.1. The fourth-order valence-electron chi connectivity index (χ4n) is 2.23. The summed E-state index contributed by atoms with van der Waals surface area (Å²) in [6, 6.07) is 6.30. The number of hydrogen-bond acceptors (Lipinski definition) is 4. The lowest BCUT2D eigenvalue weighted by Crippen LogP contribution is -2.38. The second-order valence-electron chi connectivity index (χ2n) is 6.60. The van der Waals surface area contributed by atoms with Gasteiger partial charge in [-0.1, -0.05) is 26.0 Å². The SMILES string of the molecule is CN=C(NCCOCCOC)NCc1ccc(C)cc1OCCC(C)C.I. The van der Waals surface area contributed by atoms with Crippen molar-refractivity contribution in [1.29, 1.82) is 0 Å². The number of aryl methyl sites for hydroxylation is 1. The van der Waals surface area contributed by atoms with Crippen LogP contribution >= 0.6 is 24.0 Å². The number of hydrogen-bond donors (Lipinski definition) is 2. The van der Waals surface area contributed by atoms with Gasteiger partial charge in [0.1, 0.15) is 5.75 Å². The van der Waals surface area contributed by atoms with Gasteiger partial charge in [0.25, 0.3) is 0 Å². The molecule has 0 saturated heterocycles. The summed E-state index contributed by atoms with van der Waals surface area (Å²) in [6.45, 7) is 10.4. The van der Waals surface area contributed by atoms with Crippen LogP contribution in [0.3, 0.4) is 0 Å². The molecule has 7 heteroatoms. The van der Waals surface area contributed by atoms with Crippen LogP contribution in [-0.4, -0.2) is 53.1 Å². The molecule has 1 aromatic carbocycles. The first kappa shape index (κ1) is 25.9. The van der Waals surface area contributed by atoms with E-state index in [9.17, 15) is 0 Å².